The molecule has 0 saturated carbocycles. The van der Waals surface area contributed by atoms with Crippen LogP contribution < -0.4 is 0 Å². The minimum Gasteiger partial charge on any atom is -0.388 e. The van der Waals surface area contributed by atoms with Gasteiger partial charge in [-0.2, -0.15) is 0 Å². The van der Waals surface area contributed by atoms with Gasteiger partial charge in [0.2, 0.25) is 0 Å². The van der Waals surface area contributed by atoms with Crippen LogP contribution >= 0.6 is 0 Å². The summed E-state index contributed by atoms with van der Waals surface area (Å²) < 4.78 is 11.0. The van der Waals surface area contributed by atoms with E-state index in [0.717, 1.165) is 12.8 Å². The highest BCUT2D eigenvalue weighted by Gasteiger charge is 2.42. The lowest BCUT2D eigenvalue weighted by atomic mass is 10.00. The van der Waals surface area contributed by atoms with Gasteiger partial charge in [0, 0.05) is 6.61 Å². The minimum atomic E-state index is -1.21. The van der Waals surface area contributed by atoms with E-state index in [-0.39, 0.29) is 0 Å². The third-order valence-corrected chi connectivity index (χ3v) is 6.09. The van der Waals surface area contributed by atoms with Crippen molar-refractivity contribution in [1.82, 2.24) is 0 Å². The van der Waals surface area contributed by atoms with Crippen LogP contribution in [0.2, 0.25) is 0 Å². The van der Waals surface area contributed by atoms with Gasteiger partial charge >= 0.3 is 0 Å². The van der Waals surface area contributed by atoms with Crippen LogP contribution in [0, 0.1) is 0 Å². The molecule has 2 unspecified atom stereocenters. The van der Waals surface area contributed by atoms with Crippen molar-refractivity contribution in [3.8, 4) is 0 Å². The Morgan fingerprint density at radius 2 is 1.00 bits per heavy atom. The predicted octanol–water partition coefficient (Wildman–Crippen LogP) is 5.09. The summed E-state index contributed by atoms with van der Waals surface area (Å²) in [6, 6.07) is 0. The standard InChI is InChI=1S/C24H48O5/c1-3-4-5-6-7-8-9-10-11-12-13-14-15-16-17-18-19-28-24-23(27)22(26)21(25)20(2)29-24/h20-27H,3-19H2,1-2H3/t20-,21?,22+,23+,24?/m0/s1. The fourth-order valence-corrected chi connectivity index (χ4v) is 4.00. The maximum Gasteiger partial charge on any atom is 0.186 e. The van der Waals surface area contributed by atoms with Crippen LogP contribution in [0.3, 0.4) is 0 Å². The van der Waals surface area contributed by atoms with Gasteiger partial charge in [-0.3, -0.25) is 0 Å². The largest absolute Gasteiger partial charge is 0.388 e. The summed E-state index contributed by atoms with van der Waals surface area (Å²) in [5, 5.41) is 29.3. The van der Waals surface area contributed by atoms with Gasteiger partial charge < -0.3 is 24.8 Å². The molecule has 1 aliphatic heterocycles. The van der Waals surface area contributed by atoms with Gasteiger partial charge in [-0.1, -0.05) is 103 Å². The van der Waals surface area contributed by atoms with E-state index in [4.69, 9.17) is 9.47 Å². The second kappa shape index (κ2) is 17.5. The molecule has 1 saturated heterocycles. The molecule has 0 radical (unpaired) electrons. The van der Waals surface area contributed by atoms with E-state index in [1.807, 2.05) is 0 Å². The van der Waals surface area contributed by atoms with E-state index in [1.165, 1.54) is 89.9 Å². The predicted molar refractivity (Wildman–Crippen MR) is 118 cm³/mol. The molecule has 0 aromatic heterocycles. The van der Waals surface area contributed by atoms with Crippen molar-refractivity contribution in [2.45, 2.75) is 147 Å². The highest BCUT2D eigenvalue weighted by atomic mass is 16.7. The van der Waals surface area contributed by atoms with Crippen molar-refractivity contribution >= 4 is 0 Å². The van der Waals surface area contributed by atoms with Crippen molar-refractivity contribution in [3.05, 3.63) is 0 Å². The highest BCUT2D eigenvalue weighted by Crippen LogP contribution is 2.22. The van der Waals surface area contributed by atoms with Crippen molar-refractivity contribution < 1.29 is 24.8 Å². The second-order valence-electron chi connectivity index (χ2n) is 8.86. The first-order valence-corrected chi connectivity index (χ1v) is 12.4. The van der Waals surface area contributed by atoms with Gasteiger partial charge in [-0.15, -0.1) is 0 Å². The van der Waals surface area contributed by atoms with Crippen molar-refractivity contribution in [3.63, 3.8) is 0 Å². The zero-order chi connectivity index (χ0) is 21.3. The van der Waals surface area contributed by atoms with Gasteiger partial charge in [-0.05, 0) is 13.3 Å². The SMILES string of the molecule is CCCCCCCCCCCCCCCCCCOC1O[C@@H](C)C(O)[C@@H](O)[C@H]1O. The Morgan fingerprint density at radius 1 is 0.586 bits per heavy atom. The van der Waals surface area contributed by atoms with Crippen LogP contribution in [0.15, 0.2) is 0 Å². The van der Waals surface area contributed by atoms with Gasteiger partial charge in [0.15, 0.2) is 6.29 Å². The van der Waals surface area contributed by atoms with E-state index >= 15 is 0 Å². The van der Waals surface area contributed by atoms with E-state index in [2.05, 4.69) is 6.92 Å². The monoisotopic (exact) mass is 416 g/mol. The number of aliphatic hydroxyl groups is 3. The fraction of sp³-hybridized carbons (Fsp3) is 1.00. The second-order valence-corrected chi connectivity index (χ2v) is 8.86. The molecule has 1 rings (SSSR count). The quantitative estimate of drug-likeness (QED) is 0.271. The molecule has 3 N–H and O–H groups in total. The molecule has 174 valence electrons. The maximum absolute atomic E-state index is 9.90. The first-order valence-electron chi connectivity index (χ1n) is 12.4. The van der Waals surface area contributed by atoms with Crippen LogP contribution in [0.1, 0.15) is 117 Å². The summed E-state index contributed by atoms with van der Waals surface area (Å²) in [7, 11) is 0. The van der Waals surface area contributed by atoms with Crippen LogP contribution in [-0.4, -0.2) is 52.6 Å². The van der Waals surface area contributed by atoms with E-state index in [1.54, 1.807) is 6.92 Å². The van der Waals surface area contributed by atoms with E-state index < -0.39 is 30.7 Å². The molecule has 29 heavy (non-hydrogen) atoms. The number of aliphatic hydroxyl groups excluding tert-OH is 3. The van der Waals surface area contributed by atoms with Gasteiger partial charge in [0.25, 0.3) is 0 Å². The minimum absolute atomic E-state index is 0.510. The number of hydrogen-bond acceptors (Lipinski definition) is 5. The van der Waals surface area contributed by atoms with Crippen LogP contribution in [0.5, 0.6) is 0 Å². The summed E-state index contributed by atoms with van der Waals surface area (Å²) in [5.41, 5.74) is 0. The molecule has 1 aliphatic rings. The third-order valence-electron chi connectivity index (χ3n) is 6.09. The molecule has 0 amide bonds. The number of unbranched alkanes of at least 4 members (excludes halogenated alkanes) is 15. The maximum atomic E-state index is 9.90. The molecule has 5 heteroatoms. The fourth-order valence-electron chi connectivity index (χ4n) is 4.00. The molecule has 0 spiro atoms. The summed E-state index contributed by atoms with van der Waals surface area (Å²) in [6.45, 7) is 4.45. The average Bonchev–Trinajstić information content (AvgIpc) is 2.72. The first kappa shape index (κ1) is 26.8. The van der Waals surface area contributed by atoms with Gasteiger partial charge in [0.1, 0.15) is 18.3 Å². The molecule has 5 atom stereocenters. The Kier molecular flexibility index (Phi) is 16.2. The lowest BCUT2D eigenvalue weighted by Gasteiger charge is -2.38. The normalized spacial score (nSPS) is 27.4. The Morgan fingerprint density at radius 3 is 1.45 bits per heavy atom. The molecule has 0 aliphatic carbocycles. The van der Waals surface area contributed by atoms with Crippen molar-refractivity contribution in [1.29, 1.82) is 0 Å². The summed E-state index contributed by atoms with van der Waals surface area (Å²) in [5.74, 6) is 0. The van der Waals surface area contributed by atoms with Crippen LogP contribution in [0.4, 0.5) is 0 Å². The van der Waals surface area contributed by atoms with E-state index in [9.17, 15) is 15.3 Å². The van der Waals surface area contributed by atoms with Crippen LogP contribution in [-0.2, 0) is 9.47 Å². The number of rotatable bonds is 18. The summed E-state index contributed by atoms with van der Waals surface area (Å²) >= 11 is 0. The lowest BCUT2D eigenvalue weighted by molar-refractivity contribution is -0.293. The van der Waals surface area contributed by atoms with Crippen molar-refractivity contribution in [2.24, 2.45) is 0 Å². The molecule has 0 aromatic carbocycles. The molecule has 5 nitrogen and oxygen atoms in total. The lowest BCUT2D eigenvalue weighted by Crippen LogP contribution is -2.57. The van der Waals surface area contributed by atoms with Crippen LogP contribution in [0.25, 0.3) is 0 Å². The van der Waals surface area contributed by atoms with E-state index in [0.29, 0.717) is 6.61 Å². The Labute approximate surface area is 179 Å². The molecule has 0 bridgehead atoms. The third kappa shape index (κ3) is 12.3. The molecular formula is C24H48O5. The summed E-state index contributed by atoms with van der Waals surface area (Å²) in [4.78, 5) is 0. The number of ether oxygens (including phenoxy) is 2. The molecule has 1 fully saturated rings. The Balaban J connectivity index is 1.81. The first-order chi connectivity index (χ1) is 14.1. The topological polar surface area (TPSA) is 79.2 Å². The zero-order valence-corrected chi connectivity index (χ0v) is 19.1. The van der Waals surface area contributed by atoms with Crippen molar-refractivity contribution in [2.75, 3.05) is 6.61 Å². The molecule has 0 aromatic rings. The highest BCUT2D eigenvalue weighted by molar-refractivity contribution is 4.87. The molecule has 1 heterocycles. The average molecular weight is 417 g/mol. The molecular weight excluding hydrogens is 368 g/mol. The smallest absolute Gasteiger partial charge is 0.186 e. The van der Waals surface area contributed by atoms with Gasteiger partial charge in [0.05, 0.1) is 6.10 Å². The Hall–Kier alpha value is -0.200. The van der Waals surface area contributed by atoms with Gasteiger partial charge in [-0.25, -0.2) is 0 Å². The zero-order valence-electron chi connectivity index (χ0n) is 19.1. The number of hydrogen-bond donors (Lipinski definition) is 3. The summed E-state index contributed by atoms with van der Waals surface area (Å²) in [6.07, 6.45) is 16.4. The Bertz CT molecular complexity index is 365.